The van der Waals surface area contributed by atoms with E-state index in [9.17, 15) is 17.6 Å². The molecule has 8 heteroatoms. The molecule has 0 rings (SSSR count). The van der Waals surface area contributed by atoms with Crippen molar-refractivity contribution in [2.75, 3.05) is 12.8 Å². The Bertz CT molecular complexity index is 248. The molecule has 0 fully saturated rings. The molecule has 0 saturated carbocycles. The first kappa shape index (κ1) is 13.0. The van der Waals surface area contributed by atoms with Gasteiger partial charge in [-0.3, -0.25) is 10.3 Å². The molecular formula is C6H7F4N3S. The number of alkyl halides is 4. The van der Waals surface area contributed by atoms with E-state index in [0.29, 0.717) is 0 Å². The van der Waals surface area contributed by atoms with Gasteiger partial charge in [-0.1, -0.05) is 11.8 Å². The van der Waals surface area contributed by atoms with Gasteiger partial charge >= 0.3 is 12.3 Å². The summed E-state index contributed by atoms with van der Waals surface area (Å²) in [5.41, 5.74) is 0. The van der Waals surface area contributed by atoms with Crippen molar-refractivity contribution in [3.8, 4) is 6.19 Å². The van der Waals surface area contributed by atoms with E-state index >= 15 is 0 Å². The normalized spacial score (nSPS) is 12.8. The number of nitrogens with one attached hydrogen (secondary N) is 1. The summed E-state index contributed by atoms with van der Waals surface area (Å²) in [6.45, 7) is -1.34. The van der Waals surface area contributed by atoms with Crippen LogP contribution in [0.5, 0.6) is 0 Å². The third-order valence-corrected chi connectivity index (χ3v) is 1.73. The number of nitrogens with zero attached hydrogens (tertiary/aromatic N) is 2. The number of aliphatic imine (C=N–C) groups is 1. The van der Waals surface area contributed by atoms with Crippen LogP contribution in [0, 0.1) is 11.5 Å². The average molecular weight is 229 g/mol. The van der Waals surface area contributed by atoms with Crippen LogP contribution in [0.25, 0.3) is 0 Å². The fourth-order valence-corrected chi connectivity index (χ4v) is 0.791. The molecule has 0 aromatic carbocycles. The van der Waals surface area contributed by atoms with E-state index in [1.165, 1.54) is 12.4 Å². The van der Waals surface area contributed by atoms with E-state index in [4.69, 9.17) is 5.26 Å². The molecule has 0 aliphatic rings. The summed E-state index contributed by atoms with van der Waals surface area (Å²) >= 11 is 0.885. The molecule has 0 heterocycles. The highest BCUT2D eigenvalue weighted by molar-refractivity contribution is 8.13. The Morgan fingerprint density at radius 2 is 2.21 bits per heavy atom. The molecule has 0 aliphatic heterocycles. The Balaban J connectivity index is 4.32. The monoisotopic (exact) mass is 229 g/mol. The molecule has 3 nitrogen and oxygen atoms in total. The summed E-state index contributed by atoms with van der Waals surface area (Å²) in [6, 6.07) is 0. The van der Waals surface area contributed by atoms with Gasteiger partial charge in [0.1, 0.15) is 6.54 Å². The van der Waals surface area contributed by atoms with Gasteiger partial charge < -0.3 is 0 Å². The Morgan fingerprint density at radius 3 is 2.57 bits per heavy atom. The van der Waals surface area contributed by atoms with Gasteiger partial charge in [0.15, 0.2) is 11.4 Å². The first-order valence-electron chi connectivity index (χ1n) is 3.33. The number of halogens is 4. The van der Waals surface area contributed by atoms with Crippen LogP contribution < -0.4 is 5.32 Å². The van der Waals surface area contributed by atoms with Gasteiger partial charge in [-0.2, -0.15) is 14.0 Å². The standard InChI is InChI=1S/C6H7F4N3S/c1-14-5(13-3-11)12-2-6(9,10)4(7)8/h4H,2H2,1H3,(H,12,13). The fraction of sp³-hybridized carbons (Fsp3) is 0.667. The molecule has 0 spiro atoms. The lowest BCUT2D eigenvalue weighted by molar-refractivity contribution is -0.119. The van der Waals surface area contributed by atoms with Gasteiger partial charge in [-0.15, -0.1) is 0 Å². The summed E-state index contributed by atoms with van der Waals surface area (Å²) in [6.07, 6.45) is -0.827. The predicted octanol–water partition coefficient (Wildman–Crippen LogP) is 1.68. The number of hydrogen-bond donors (Lipinski definition) is 1. The number of thioether (sulfide) groups is 1. The molecule has 0 aromatic rings. The molecule has 0 unspecified atom stereocenters. The zero-order valence-electron chi connectivity index (χ0n) is 7.10. The van der Waals surface area contributed by atoms with Gasteiger partial charge in [0.05, 0.1) is 0 Å². The zero-order valence-corrected chi connectivity index (χ0v) is 7.92. The lowest BCUT2D eigenvalue weighted by Gasteiger charge is -2.12. The fourth-order valence-electron chi connectivity index (χ4n) is 0.449. The molecule has 0 amide bonds. The molecule has 80 valence electrons. The Morgan fingerprint density at radius 1 is 1.64 bits per heavy atom. The summed E-state index contributed by atoms with van der Waals surface area (Å²) in [5, 5.41) is 9.98. The number of nitriles is 1. The highest BCUT2D eigenvalue weighted by Crippen LogP contribution is 2.23. The number of hydrogen-bond acceptors (Lipinski definition) is 3. The van der Waals surface area contributed by atoms with Crippen LogP contribution in [-0.2, 0) is 0 Å². The molecule has 1 N–H and O–H groups in total. The van der Waals surface area contributed by atoms with Gasteiger partial charge in [0.25, 0.3) is 0 Å². The summed E-state index contributed by atoms with van der Waals surface area (Å²) in [4.78, 5) is 3.14. The summed E-state index contributed by atoms with van der Waals surface area (Å²) in [7, 11) is 0. The third kappa shape index (κ3) is 4.32. The molecule has 0 atom stereocenters. The van der Waals surface area contributed by atoms with Crippen molar-refractivity contribution in [1.29, 1.82) is 5.26 Å². The minimum Gasteiger partial charge on any atom is -0.272 e. The maximum atomic E-state index is 12.3. The molecule has 0 bridgehead atoms. The van der Waals surface area contributed by atoms with Crippen LogP contribution in [0.4, 0.5) is 17.6 Å². The topological polar surface area (TPSA) is 48.2 Å². The summed E-state index contributed by atoms with van der Waals surface area (Å²) < 4.78 is 47.9. The maximum Gasteiger partial charge on any atom is 0.326 e. The molecule has 0 aromatic heterocycles. The highest BCUT2D eigenvalue weighted by Gasteiger charge is 2.40. The van der Waals surface area contributed by atoms with Crippen LogP contribution in [0.2, 0.25) is 0 Å². The Labute approximate surface area is 82.2 Å². The van der Waals surface area contributed by atoms with E-state index in [1.54, 1.807) is 0 Å². The number of rotatable bonds is 3. The van der Waals surface area contributed by atoms with Crippen molar-refractivity contribution >= 4 is 16.9 Å². The molecule has 0 radical (unpaired) electrons. The van der Waals surface area contributed by atoms with Crippen molar-refractivity contribution in [2.24, 2.45) is 4.99 Å². The molecule has 0 saturated heterocycles. The highest BCUT2D eigenvalue weighted by atomic mass is 32.2. The van der Waals surface area contributed by atoms with Crippen LogP contribution in [0.15, 0.2) is 4.99 Å². The second-order valence-corrected chi connectivity index (χ2v) is 2.92. The molecular weight excluding hydrogens is 222 g/mol. The summed E-state index contributed by atoms with van der Waals surface area (Å²) in [5.74, 6) is -4.15. The second-order valence-electron chi connectivity index (χ2n) is 2.12. The quantitative estimate of drug-likeness (QED) is 0.263. The van der Waals surface area contributed by atoms with Gasteiger partial charge in [0.2, 0.25) is 0 Å². The van der Waals surface area contributed by atoms with Crippen LogP contribution in [-0.4, -0.2) is 30.3 Å². The minimum absolute atomic E-state index is 0.118. The first-order chi connectivity index (χ1) is 6.44. The predicted molar refractivity (Wildman–Crippen MR) is 45.5 cm³/mol. The molecule has 14 heavy (non-hydrogen) atoms. The van der Waals surface area contributed by atoms with E-state index < -0.39 is 18.9 Å². The minimum atomic E-state index is -4.15. The van der Waals surface area contributed by atoms with Crippen LogP contribution >= 0.6 is 11.8 Å². The van der Waals surface area contributed by atoms with Gasteiger partial charge in [0, 0.05) is 0 Å². The van der Waals surface area contributed by atoms with Crippen molar-refractivity contribution in [3.63, 3.8) is 0 Å². The number of amidine groups is 1. The van der Waals surface area contributed by atoms with E-state index in [0.717, 1.165) is 11.8 Å². The lowest BCUT2D eigenvalue weighted by Crippen LogP contribution is -2.31. The second kappa shape index (κ2) is 5.70. The van der Waals surface area contributed by atoms with E-state index in [1.807, 2.05) is 5.32 Å². The van der Waals surface area contributed by atoms with Crippen molar-refractivity contribution in [3.05, 3.63) is 0 Å². The first-order valence-corrected chi connectivity index (χ1v) is 4.56. The largest absolute Gasteiger partial charge is 0.326 e. The van der Waals surface area contributed by atoms with Gasteiger partial charge in [-0.25, -0.2) is 8.78 Å². The van der Waals surface area contributed by atoms with Gasteiger partial charge in [-0.05, 0) is 6.26 Å². The van der Waals surface area contributed by atoms with Crippen molar-refractivity contribution < 1.29 is 17.6 Å². The smallest absolute Gasteiger partial charge is 0.272 e. The average Bonchev–Trinajstić information content (AvgIpc) is 2.12. The SMILES string of the molecule is CSC(=NCC(F)(F)C(F)F)NC#N. The molecule has 0 aliphatic carbocycles. The van der Waals surface area contributed by atoms with Crippen molar-refractivity contribution in [1.82, 2.24) is 5.32 Å². The van der Waals surface area contributed by atoms with E-state index in [2.05, 4.69) is 4.99 Å². The zero-order chi connectivity index (χ0) is 11.2. The third-order valence-electron chi connectivity index (χ3n) is 1.11. The Kier molecular flexibility index (Phi) is 5.30. The van der Waals surface area contributed by atoms with Crippen LogP contribution in [0.3, 0.4) is 0 Å². The maximum absolute atomic E-state index is 12.3. The van der Waals surface area contributed by atoms with Crippen LogP contribution in [0.1, 0.15) is 0 Å². The van der Waals surface area contributed by atoms with Crippen molar-refractivity contribution in [2.45, 2.75) is 12.3 Å². The lowest BCUT2D eigenvalue weighted by atomic mass is 10.3. The van der Waals surface area contributed by atoms with E-state index in [-0.39, 0.29) is 5.17 Å². The Hall–Kier alpha value is -0.970.